The standard InChI is InChI=1S/C15H9BrClF3N2O4/c16-8-1-2-11(23)9(4-8)14(25)26-6-12(24)22-13-10(17)3-7(5-21-13)15(18,19)20/h1-5,23H,6H2,(H,21,22,24). The van der Waals surface area contributed by atoms with Gasteiger partial charge in [-0.2, -0.15) is 13.2 Å². The molecule has 0 aliphatic heterocycles. The van der Waals surface area contributed by atoms with Crippen molar-refractivity contribution in [1.29, 1.82) is 0 Å². The van der Waals surface area contributed by atoms with Gasteiger partial charge >= 0.3 is 12.1 Å². The van der Waals surface area contributed by atoms with Crippen LogP contribution in [0.1, 0.15) is 15.9 Å². The van der Waals surface area contributed by atoms with E-state index in [4.69, 9.17) is 16.3 Å². The van der Waals surface area contributed by atoms with Gasteiger partial charge in [0.05, 0.1) is 10.6 Å². The molecule has 0 saturated carbocycles. The first-order valence-electron chi connectivity index (χ1n) is 6.76. The molecule has 1 aromatic heterocycles. The lowest BCUT2D eigenvalue weighted by molar-refractivity contribution is -0.137. The number of carbonyl (C=O) groups is 2. The first-order valence-corrected chi connectivity index (χ1v) is 7.93. The maximum absolute atomic E-state index is 12.5. The molecule has 0 saturated heterocycles. The van der Waals surface area contributed by atoms with E-state index in [9.17, 15) is 27.9 Å². The number of nitrogens with zero attached hydrogens (tertiary/aromatic N) is 1. The van der Waals surface area contributed by atoms with E-state index >= 15 is 0 Å². The number of hydrogen-bond acceptors (Lipinski definition) is 5. The number of pyridine rings is 1. The third-order valence-electron chi connectivity index (χ3n) is 2.94. The van der Waals surface area contributed by atoms with Gasteiger partial charge in [-0.1, -0.05) is 27.5 Å². The normalized spacial score (nSPS) is 11.1. The van der Waals surface area contributed by atoms with Gasteiger partial charge in [-0.3, -0.25) is 4.79 Å². The number of aromatic hydroxyl groups is 1. The van der Waals surface area contributed by atoms with Crippen molar-refractivity contribution >= 4 is 45.2 Å². The topological polar surface area (TPSA) is 88.5 Å². The van der Waals surface area contributed by atoms with E-state index in [2.05, 4.69) is 26.2 Å². The zero-order valence-electron chi connectivity index (χ0n) is 12.6. The summed E-state index contributed by atoms with van der Waals surface area (Å²) >= 11 is 8.77. The van der Waals surface area contributed by atoms with E-state index in [0.717, 1.165) is 0 Å². The highest BCUT2D eigenvalue weighted by Crippen LogP contribution is 2.32. The minimum atomic E-state index is -4.62. The van der Waals surface area contributed by atoms with Gasteiger partial charge < -0.3 is 15.2 Å². The fraction of sp³-hybridized carbons (Fsp3) is 0.133. The third kappa shape index (κ3) is 5.09. The van der Waals surface area contributed by atoms with E-state index in [1.54, 1.807) is 0 Å². The Morgan fingerprint density at radius 1 is 1.31 bits per heavy atom. The molecule has 0 radical (unpaired) electrons. The SMILES string of the molecule is O=C(COC(=O)c1cc(Br)ccc1O)Nc1ncc(C(F)(F)F)cc1Cl. The Morgan fingerprint density at radius 3 is 2.62 bits per heavy atom. The van der Waals surface area contributed by atoms with Gasteiger partial charge in [0.2, 0.25) is 0 Å². The highest BCUT2D eigenvalue weighted by atomic mass is 79.9. The molecule has 138 valence electrons. The molecular formula is C15H9BrClF3N2O4. The van der Waals surface area contributed by atoms with Crippen molar-refractivity contribution in [3.63, 3.8) is 0 Å². The van der Waals surface area contributed by atoms with Gasteiger partial charge in [0.1, 0.15) is 11.3 Å². The average molecular weight is 454 g/mol. The molecule has 1 amide bonds. The van der Waals surface area contributed by atoms with Crippen LogP contribution in [-0.4, -0.2) is 28.6 Å². The lowest BCUT2D eigenvalue weighted by atomic mass is 10.2. The summed E-state index contributed by atoms with van der Waals surface area (Å²) in [5.74, 6) is -2.50. The molecule has 0 fully saturated rings. The van der Waals surface area contributed by atoms with Crippen LogP contribution in [0.15, 0.2) is 34.9 Å². The summed E-state index contributed by atoms with van der Waals surface area (Å²) in [6, 6.07) is 4.66. The van der Waals surface area contributed by atoms with E-state index < -0.39 is 35.2 Å². The molecule has 0 unspecified atom stereocenters. The second-order valence-electron chi connectivity index (χ2n) is 4.84. The van der Waals surface area contributed by atoms with Gasteiger partial charge in [0, 0.05) is 10.7 Å². The molecule has 2 rings (SSSR count). The van der Waals surface area contributed by atoms with E-state index in [1.165, 1.54) is 18.2 Å². The lowest BCUT2D eigenvalue weighted by Crippen LogP contribution is -2.22. The lowest BCUT2D eigenvalue weighted by Gasteiger charge is -2.10. The number of rotatable bonds is 4. The smallest absolute Gasteiger partial charge is 0.417 e. The minimum absolute atomic E-state index is 0.169. The van der Waals surface area contributed by atoms with Crippen LogP contribution < -0.4 is 5.32 Å². The number of nitrogens with one attached hydrogen (secondary N) is 1. The molecule has 0 bridgehead atoms. The number of alkyl halides is 3. The molecule has 0 atom stereocenters. The Labute approximate surface area is 158 Å². The van der Waals surface area contributed by atoms with Crippen molar-refractivity contribution in [3.05, 3.63) is 51.1 Å². The number of halogens is 5. The van der Waals surface area contributed by atoms with Crippen LogP contribution in [0, 0.1) is 0 Å². The number of esters is 1. The van der Waals surface area contributed by atoms with Crippen molar-refractivity contribution in [2.24, 2.45) is 0 Å². The number of ether oxygens (including phenoxy) is 1. The van der Waals surface area contributed by atoms with Crippen LogP contribution in [0.4, 0.5) is 19.0 Å². The molecule has 26 heavy (non-hydrogen) atoms. The second-order valence-corrected chi connectivity index (χ2v) is 6.16. The fourth-order valence-electron chi connectivity index (χ4n) is 1.73. The monoisotopic (exact) mass is 452 g/mol. The molecule has 2 aromatic rings. The molecule has 2 N–H and O–H groups in total. The largest absolute Gasteiger partial charge is 0.507 e. The van der Waals surface area contributed by atoms with Gasteiger partial charge in [0.25, 0.3) is 5.91 Å². The maximum atomic E-state index is 12.5. The van der Waals surface area contributed by atoms with E-state index in [0.29, 0.717) is 16.7 Å². The summed E-state index contributed by atoms with van der Waals surface area (Å²) in [6.07, 6.45) is -4.12. The highest BCUT2D eigenvalue weighted by molar-refractivity contribution is 9.10. The number of aromatic nitrogens is 1. The molecule has 0 aliphatic rings. The first-order chi connectivity index (χ1) is 12.1. The van der Waals surface area contributed by atoms with Crippen LogP contribution in [0.2, 0.25) is 5.02 Å². The van der Waals surface area contributed by atoms with Gasteiger partial charge in [-0.25, -0.2) is 9.78 Å². The number of carbonyl (C=O) groups excluding carboxylic acids is 2. The quantitative estimate of drug-likeness (QED) is 0.683. The highest BCUT2D eigenvalue weighted by Gasteiger charge is 2.31. The molecule has 11 heteroatoms. The number of anilines is 1. The van der Waals surface area contributed by atoms with Crippen LogP contribution in [0.25, 0.3) is 0 Å². The molecule has 6 nitrogen and oxygen atoms in total. The van der Waals surface area contributed by atoms with Gasteiger partial charge in [0.15, 0.2) is 12.4 Å². The minimum Gasteiger partial charge on any atom is -0.507 e. The van der Waals surface area contributed by atoms with Crippen LogP contribution in [-0.2, 0) is 15.7 Å². The summed E-state index contributed by atoms with van der Waals surface area (Å²) in [5.41, 5.74) is -1.24. The third-order valence-corrected chi connectivity index (χ3v) is 3.72. The Kier molecular flexibility index (Phi) is 6.09. The maximum Gasteiger partial charge on any atom is 0.417 e. The Bertz CT molecular complexity index is 861. The molecule has 1 aromatic carbocycles. The van der Waals surface area contributed by atoms with Crippen LogP contribution >= 0.6 is 27.5 Å². The van der Waals surface area contributed by atoms with Gasteiger partial charge in [-0.05, 0) is 24.3 Å². The number of benzene rings is 1. The summed E-state index contributed by atoms with van der Waals surface area (Å²) in [5, 5.41) is 11.3. The predicted octanol–water partition coefficient (Wildman–Crippen LogP) is 4.02. The Balaban J connectivity index is 1.99. The fourth-order valence-corrected chi connectivity index (χ4v) is 2.31. The van der Waals surface area contributed by atoms with Crippen molar-refractivity contribution in [1.82, 2.24) is 4.98 Å². The van der Waals surface area contributed by atoms with Crippen molar-refractivity contribution < 1.29 is 32.6 Å². The molecule has 0 aliphatic carbocycles. The molecular weight excluding hydrogens is 445 g/mol. The Hall–Kier alpha value is -2.33. The number of phenols is 1. The zero-order chi connectivity index (χ0) is 19.5. The summed E-state index contributed by atoms with van der Waals surface area (Å²) in [7, 11) is 0. The van der Waals surface area contributed by atoms with Crippen molar-refractivity contribution in [2.45, 2.75) is 6.18 Å². The molecule has 1 heterocycles. The zero-order valence-corrected chi connectivity index (χ0v) is 14.9. The van der Waals surface area contributed by atoms with E-state index in [-0.39, 0.29) is 17.1 Å². The van der Waals surface area contributed by atoms with Crippen LogP contribution in [0.3, 0.4) is 0 Å². The molecule has 0 spiro atoms. The Morgan fingerprint density at radius 2 is 2.00 bits per heavy atom. The van der Waals surface area contributed by atoms with Gasteiger partial charge in [-0.15, -0.1) is 0 Å². The average Bonchev–Trinajstić information content (AvgIpc) is 2.55. The summed E-state index contributed by atoms with van der Waals surface area (Å²) < 4.78 is 42.8. The van der Waals surface area contributed by atoms with Crippen LogP contribution in [0.5, 0.6) is 5.75 Å². The summed E-state index contributed by atoms with van der Waals surface area (Å²) in [4.78, 5) is 27.0. The van der Waals surface area contributed by atoms with Crippen molar-refractivity contribution in [2.75, 3.05) is 11.9 Å². The van der Waals surface area contributed by atoms with Crippen molar-refractivity contribution in [3.8, 4) is 5.75 Å². The number of phenolic OH excluding ortho intramolecular Hbond substituents is 1. The predicted molar refractivity (Wildman–Crippen MR) is 89.0 cm³/mol. The number of hydrogen-bond donors (Lipinski definition) is 2. The summed E-state index contributed by atoms with van der Waals surface area (Å²) in [6.45, 7) is -0.760. The first kappa shape index (κ1) is 20.0. The van der Waals surface area contributed by atoms with E-state index in [1.807, 2.05) is 0 Å². The number of amides is 1. The second kappa shape index (κ2) is 7.92.